The summed E-state index contributed by atoms with van der Waals surface area (Å²) in [6.45, 7) is 2.05. The first-order valence-electron chi connectivity index (χ1n) is 4.59. The zero-order chi connectivity index (χ0) is 12.1. The van der Waals surface area contributed by atoms with Crippen LogP contribution in [0.1, 0.15) is 11.1 Å². The van der Waals surface area contributed by atoms with Crippen LogP contribution < -0.4 is 9.47 Å². The number of rotatable bonds is 4. The van der Waals surface area contributed by atoms with Crippen LogP contribution in [0.15, 0.2) is 11.1 Å². The summed E-state index contributed by atoms with van der Waals surface area (Å²) < 4.78 is 10.3. The van der Waals surface area contributed by atoms with E-state index in [1.807, 2.05) is 13.0 Å². The number of benzene rings is 1. The maximum Gasteiger partial charge on any atom is 0.235 e. The Morgan fingerprint density at radius 1 is 1.38 bits per heavy atom. The molecule has 0 amide bonds. The zero-order valence-electron chi connectivity index (χ0n) is 9.33. The highest BCUT2D eigenvalue weighted by Crippen LogP contribution is 2.39. The fourth-order valence-electron chi connectivity index (χ4n) is 1.52. The van der Waals surface area contributed by atoms with E-state index in [9.17, 15) is 4.79 Å². The first kappa shape index (κ1) is 12.6. The molecule has 0 saturated heterocycles. The molecule has 0 spiro atoms. The predicted octanol–water partition coefficient (Wildman–Crippen LogP) is 2.50. The van der Waals surface area contributed by atoms with Crippen LogP contribution >= 0.6 is 11.6 Å². The number of ether oxygens (including phenoxy) is 2. The monoisotopic (exact) mass is 241 g/mol. The number of hydrogen-bond acceptors (Lipinski definition) is 4. The van der Waals surface area contributed by atoms with Gasteiger partial charge in [-0.25, -0.2) is 9.79 Å². The Bertz CT molecular complexity index is 439. The molecule has 1 aromatic rings. The molecule has 1 aromatic carbocycles. The molecular weight excluding hydrogens is 230 g/mol. The first-order valence-corrected chi connectivity index (χ1v) is 4.97. The summed E-state index contributed by atoms with van der Waals surface area (Å²) >= 11 is 6.11. The second-order valence-electron chi connectivity index (χ2n) is 3.14. The number of aliphatic imine (C=N–C) groups is 1. The molecule has 0 bridgehead atoms. The van der Waals surface area contributed by atoms with Gasteiger partial charge in [0, 0.05) is 5.56 Å². The minimum absolute atomic E-state index is 0.192. The van der Waals surface area contributed by atoms with Gasteiger partial charge in [-0.15, -0.1) is 0 Å². The van der Waals surface area contributed by atoms with E-state index < -0.39 is 0 Å². The Balaban J connectivity index is 3.33. The normalized spacial score (nSPS) is 9.50. The third kappa shape index (κ3) is 2.35. The molecule has 0 saturated carbocycles. The molecular formula is C11H12ClNO3. The number of methoxy groups -OCH3 is 2. The van der Waals surface area contributed by atoms with Gasteiger partial charge in [-0.05, 0) is 18.6 Å². The minimum Gasteiger partial charge on any atom is -0.495 e. The third-order valence-corrected chi connectivity index (χ3v) is 2.50. The quantitative estimate of drug-likeness (QED) is 0.601. The summed E-state index contributed by atoms with van der Waals surface area (Å²) in [5.74, 6) is 1.04. The van der Waals surface area contributed by atoms with Crippen molar-refractivity contribution in [1.29, 1.82) is 0 Å². The van der Waals surface area contributed by atoms with Crippen molar-refractivity contribution in [2.75, 3.05) is 14.2 Å². The highest BCUT2D eigenvalue weighted by atomic mass is 35.5. The van der Waals surface area contributed by atoms with Crippen LogP contribution in [-0.2, 0) is 11.3 Å². The Hall–Kier alpha value is -1.51. The number of halogens is 1. The van der Waals surface area contributed by atoms with Crippen molar-refractivity contribution in [3.05, 3.63) is 22.2 Å². The lowest BCUT2D eigenvalue weighted by Crippen LogP contribution is -1.97. The summed E-state index contributed by atoms with van der Waals surface area (Å²) in [5.41, 5.74) is 1.60. The summed E-state index contributed by atoms with van der Waals surface area (Å²) in [7, 11) is 3.04. The topological polar surface area (TPSA) is 47.9 Å². The molecule has 0 aromatic heterocycles. The third-order valence-electron chi connectivity index (χ3n) is 2.16. The Labute approximate surface area is 98.8 Å². The molecule has 0 heterocycles. The minimum atomic E-state index is 0.192. The Kier molecular flexibility index (Phi) is 4.35. The maximum atomic E-state index is 10.1. The van der Waals surface area contributed by atoms with Gasteiger partial charge in [0.2, 0.25) is 6.08 Å². The lowest BCUT2D eigenvalue weighted by atomic mass is 10.1. The number of nitrogens with zero attached hydrogens (tertiary/aromatic N) is 1. The van der Waals surface area contributed by atoms with E-state index in [2.05, 4.69) is 4.99 Å². The van der Waals surface area contributed by atoms with Crippen molar-refractivity contribution in [3.8, 4) is 11.5 Å². The SMILES string of the molecule is COc1c(C)cc(CN=C=O)c(OC)c1Cl. The summed E-state index contributed by atoms with van der Waals surface area (Å²) in [6, 6.07) is 1.82. The average Bonchev–Trinajstić information content (AvgIpc) is 2.26. The van der Waals surface area contributed by atoms with Gasteiger partial charge in [-0.3, -0.25) is 0 Å². The number of isocyanates is 1. The fourth-order valence-corrected chi connectivity index (χ4v) is 1.94. The summed E-state index contributed by atoms with van der Waals surface area (Å²) in [5, 5.41) is 0.390. The number of hydrogen-bond donors (Lipinski definition) is 0. The van der Waals surface area contributed by atoms with Gasteiger partial charge in [-0.2, -0.15) is 0 Å². The van der Waals surface area contributed by atoms with Gasteiger partial charge < -0.3 is 9.47 Å². The largest absolute Gasteiger partial charge is 0.495 e. The van der Waals surface area contributed by atoms with E-state index in [4.69, 9.17) is 21.1 Å². The predicted molar refractivity (Wildman–Crippen MR) is 61.1 cm³/mol. The van der Waals surface area contributed by atoms with Crippen molar-refractivity contribution in [1.82, 2.24) is 0 Å². The second-order valence-corrected chi connectivity index (χ2v) is 3.52. The fraction of sp³-hybridized carbons (Fsp3) is 0.364. The zero-order valence-corrected chi connectivity index (χ0v) is 10.1. The molecule has 16 heavy (non-hydrogen) atoms. The second kappa shape index (κ2) is 5.54. The van der Waals surface area contributed by atoms with Crippen LogP contribution in [0.5, 0.6) is 11.5 Å². The first-order chi connectivity index (χ1) is 7.65. The van der Waals surface area contributed by atoms with E-state index in [0.29, 0.717) is 16.5 Å². The Morgan fingerprint density at radius 3 is 2.50 bits per heavy atom. The van der Waals surface area contributed by atoms with Crippen molar-refractivity contribution < 1.29 is 14.3 Å². The molecule has 0 aliphatic carbocycles. The lowest BCUT2D eigenvalue weighted by molar-refractivity contribution is 0.389. The van der Waals surface area contributed by atoms with E-state index in [1.165, 1.54) is 20.3 Å². The highest BCUT2D eigenvalue weighted by Gasteiger charge is 2.15. The standard InChI is InChI=1S/C11H12ClNO3/c1-7-4-8(5-13-6-14)11(16-3)9(12)10(7)15-2/h4H,5H2,1-3H3. The van der Waals surface area contributed by atoms with E-state index >= 15 is 0 Å². The summed E-state index contributed by atoms with van der Waals surface area (Å²) in [6.07, 6.45) is 1.48. The van der Waals surface area contributed by atoms with Crippen LogP contribution in [0.25, 0.3) is 0 Å². The molecule has 0 N–H and O–H groups in total. The number of aryl methyl sites for hydroxylation is 1. The van der Waals surface area contributed by atoms with Gasteiger partial charge in [0.15, 0.2) is 0 Å². The van der Waals surface area contributed by atoms with Crippen molar-refractivity contribution in [2.24, 2.45) is 4.99 Å². The highest BCUT2D eigenvalue weighted by molar-refractivity contribution is 6.33. The molecule has 0 atom stereocenters. The summed E-state index contributed by atoms with van der Waals surface area (Å²) in [4.78, 5) is 13.6. The average molecular weight is 242 g/mol. The molecule has 0 unspecified atom stereocenters. The van der Waals surface area contributed by atoms with Crippen LogP contribution in [0.2, 0.25) is 5.02 Å². The van der Waals surface area contributed by atoms with Crippen molar-refractivity contribution in [2.45, 2.75) is 13.5 Å². The van der Waals surface area contributed by atoms with Gasteiger partial charge in [0.1, 0.15) is 16.5 Å². The van der Waals surface area contributed by atoms with Crippen LogP contribution in [0, 0.1) is 6.92 Å². The van der Waals surface area contributed by atoms with Gasteiger partial charge in [-0.1, -0.05) is 11.6 Å². The van der Waals surface area contributed by atoms with E-state index in [0.717, 1.165) is 11.1 Å². The molecule has 1 rings (SSSR count). The molecule has 86 valence electrons. The lowest BCUT2D eigenvalue weighted by Gasteiger charge is -2.14. The van der Waals surface area contributed by atoms with Gasteiger partial charge >= 0.3 is 0 Å². The smallest absolute Gasteiger partial charge is 0.235 e. The van der Waals surface area contributed by atoms with Crippen LogP contribution in [-0.4, -0.2) is 20.3 Å². The maximum absolute atomic E-state index is 10.1. The van der Waals surface area contributed by atoms with E-state index in [1.54, 1.807) is 0 Å². The van der Waals surface area contributed by atoms with Crippen LogP contribution in [0.4, 0.5) is 0 Å². The molecule has 4 nitrogen and oxygen atoms in total. The molecule has 5 heteroatoms. The molecule has 0 fully saturated rings. The Morgan fingerprint density at radius 2 is 2.00 bits per heavy atom. The van der Waals surface area contributed by atoms with Crippen molar-refractivity contribution >= 4 is 17.7 Å². The van der Waals surface area contributed by atoms with E-state index in [-0.39, 0.29) is 6.54 Å². The van der Waals surface area contributed by atoms with Gasteiger partial charge in [0.05, 0.1) is 20.8 Å². The van der Waals surface area contributed by atoms with Crippen LogP contribution in [0.3, 0.4) is 0 Å². The van der Waals surface area contributed by atoms with Gasteiger partial charge in [0.25, 0.3) is 0 Å². The number of carbonyl (C=O) groups excluding carboxylic acids is 1. The molecule has 0 aliphatic heterocycles. The van der Waals surface area contributed by atoms with Crippen molar-refractivity contribution in [3.63, 3.8) is 0 Å². The molecule has 0 aliphatic rings. The molecule has 0 radical (unpaired) electrons.